The van der Waals surface area contributed by atoms with Crippen molar-refractivity contribution in [2.24, 2.45) is 5.73 Å². The Bertz CT molecular complexity index is 388. The third-order valence-corrected chi connectivity index (χ3v) is 2.69. The van der Waals surface area contributed by atoms with Crippen molar-refractivity contribution in [1.82, 2.24) is 0 Å². The van der Waals surface area contributed by atoms with Gasteiger partial charge in [-0.25, -0.2) is 0 Å². The van der Waals surface area contributed by atoms with E-state index in [1.807, 2.05) is 19.9 Å². The maximum Gasteiger partial charge on any atom is 0.252 e. The topological polar surface area (TPSA) is 69.1 Å². The van der Waals surface area contributed by atoms with Crippen molar-refractivity contribution in [3.63, 3.8) is 0 Å². The van der Waals surface area contributed by atoms with Crippen LogP contribution in [0.25, 0.3) is 0 Å². The molecule has 0 aromatic heterocycles. The van der Waals surface area contributed by atoms with Gasteiger partial charge in [0, 0.05) is 5.69 Å². The van der Waals surface area contributed by atoms with Gasteiger partial charge >= 0.3 is 0 Å². The van der Waals surface area contributed by atoms with Gasteiger partial charge in [0.25, 0.3) is 5.91 Å². The van der Waals surface area contributed by atoms with E-state index in [4.69, 9.17) is 23.1 Å². The summed E-state index contributed by atoms with van der Waals surface area (Å²) in [5.74, 6) is -0.578. The predicted octanol–water partition coefficient (Wildman–Crippen LogP) is 1.89. The fourth-order valence-electron chi connectivity index (χ4n) is 1.41. The van der Waals surface area contributed by atoms with E-state index in [-0.39, 0.29) is 5.56 Å². The molecule has 76 valence electrons. The zero-order chi connectivity index (χ0) is 10.9. The van der Waals surface area contributed by atoms with Crippen molar-refractivity contribution in [3.05, 3.63) is 27.8 Å². The van der Waals surface area contributed by atoms with Crippen molar-refractivity contribution in [2.75, 3.05) is 5.73 Å². The summed E-state index contributed by atoms with van der Waals surface area (Å²) in [6, 6.07) is 1.88. The molecule has 0 spiro atoms. The zero-order valence-corrected chi connectivity index (χ0v) is 8.98. The van der Waals surface area contributed by atoms with Crippen LogP contribution in [-0.4, -0.2) is 5.91 Å². The molecule has 1 rings (SSSR count). The van der Waals surface area contributed by atoms with Crippen LogP contribution in [0.15, 0.2) is 6.07 Å². The fourth-order valence-corrected chi connectivity index (χ4v) is 1.66. The summed E-state index contributed by atoms with van der Waals surface area (Å²) in [6.07, 6.45) is 0.754. The van der Waals surface area contributed by atoms with Crippen LogP contribution in [0.4, 0.5) is 5.69 Å². The van der Waals surface area contributed by atoms with Crippen LogP contribution in [0.3, 0.4) is 0 Å². The predicted molar refractivity (Wildman–Crippen MR) is 58.5 cm³/mol. The highest BCUT2D eigenvalue weighted by atomic mass is 35.5. The SMILES string of the molecule is CCc1cc(C)c(Cl)c(C(N)=O)c1N. The van der Waals surface area contributed by atoms with Crippen molar-refractivity contribution >= 4 is 23.2 Å². The minimum Gasteiger partial charge on any atom is -0.398 e. The normalized spacial score (nSPS) is 10.2. The van der Waals surface area contributed by atoms with E-state index in [2.05, 4.69) is 0 Å². The summed E-state index contributed by atoms with van der Waals surface area (Å²) in [6.45, 7) is 3.79. The zero-order valence-electron chi connectivity index (χ0n) is 8.23. The van der Waals surface area contributed by atoms with Gasteiger partial charge in [0.1, 0.15) is 0 Å². The van der Waals surface area contributed by atoms with Crippen LogP contribution < -0.4 is 11.5 Å². The molecule has 0 heterocycles. The highest BCUT2D eigenvalue weighted by molar-refractivity contribution is 6.35. The molecule has 1 aromatic carbocycles. The molecule has 4 heteroatoms. The lowest BCUT2D eigenvalue weighted by atomic mass is 10.0. The van der Waals surface area contributed by atoms with Crippen molar-refractivity contribution < 1.29 is 4.79 Å². The molecule has 3 nitrogen and oxygen atoms in total. The molecule has 0 aliphatic rings. The Morgan fingerprint density at radius 3 is 2.57 bits per heavy atom. The van der Waals surface area contributed by atoms with E-state index < -0.39 is 5.91 Å². The third-order valence-electron chi connectivity index (χ3n) is 2.20. The van der Waals surface area contributed by atoms with Gasteiger partial charge in [-0.1, -0.05) is 24.6 Å². The number of rotatable bonds is 2. The van der Waals surface area contributed by atoms with E-state index in [9.17, 15) is 4.79 Å². The Labute approximate surface area is 88.0 Å². The second-order valence-electron chi connectivity index (χ2n) is 3.17. The van der Waals surface area contributed by atoms with Crippen molar-refractivity contribution in [2.45, 2.75) is 20.3 Å². The lowest BCUT2D eigenvalue weighted by molar-refractivity contribution is 0.100. The number of carbonyl (C=O) groups is 1. The molecule has 0 fully saturated rings. The van der Waals surface area contributed by atoms with Gasteiger partial charge in [-0.15, -0.1) is 0 Å². The van der Waals surface area contributed by atoms with E-state index in [0.717, 1.165) is 17.5 Å². The number of carbonyl (C=O) groups excluding carboxylic acids is 1. The fraction of sp³-hybridized carbons (Fsp3) is 0.300. The summed E-state index contributed by atoms with van der Waals surface area (Å²) >= 11 is 5.94. The molecule has 0 saturated heterocycles. The Kier molecular flexibility index (Phi) is 3.01. The molecule has 0 atom stereocenters. The lowest BCUT2D eigenvalue weighted by Crippen LogP contribution is -2.16. The average molecular weight is 213 g/mol. The summed E-state index contributed by atoms with van der Waals surface area (Å²) in [5.41, 5.74) is 13.4. The first-order valence-corrected chi connectivity index (χ1v) is 4.74. The van der Waals surface area contributed by atoms with E-state index >= 15 is 0 Å². The molecule has 0 bridgehead atoms. The largest absolute Gasteiger partial charge is 0.398 e. The van der Waals surface area contributed by atoms with Gasteiger partial charge in [-0.05, 0) is 24.5 Å². The van der Waals surface area contributed by atoms with Crippen LogP contribution in [0.2, 0.25) is 5.02 Å². The smallest absolute Gasteiger partial charge is 0.252 e. The number of anilines is 1. The molecule has 0 saturated carbocycles. The first-order chi connectivity index (χ1) is 6.49. The quantitative estimate of drug-likeness (QED) is 0.736. The van der Waals surface area contributed by atoms with Gasteiger partial charge in [0.05, 0.1) is 10.6 Å². The average Bonchev–Trinajstić information content (AvgIpc) is 2.11. The minimum atomic E-state index is -0.578. The number of benzene rings is 1. The Balaban J connectivity index is 3.53. The van der Waals surface area contributed by atoms with Crippen LogP contribution >= 0.6 is 11.6 Å². The number of amides is 1. The molecule has 0 aliphatic heterocycles. The van der Waals surface area contributed by atoms with Gasteiger partial charge in [0.2, 0.25) is 0 Å². The maximum atomic E-state index is 11.1. The van der Waals surface area contributed by atoms with E-state index in [1.165, 1.54) is 0 Å². The summed E-state index contributed by atoms with van der Waals surface area (Å²) in [5, 5.41) is 0.354. The summed E-state index contributed by atoms with van der Waals surface area (Å²) < 4.78 is 0. The van der Waals surface area contributed by atoms with E-state index in [0.29, 0.717) is 10.7 Å². The molecule has 0 radical (unpaired) electrons. The molecule has 4 N–H and O–H groups in total. The molecular formula is C10H13ClN2O. The monoisotopic (exact) mass is 212 g/mol. The first-order valence-electron chi connectivity index (χ1n) is 4.36. The number of halogens is 1. The van der Waals surface area contributed by atoms with Crippen molar-refractivity contribution in [3.8, 4) is 0 Å². The number of aryl methyl sites for hydroxylation is 2. The molecule has 1 aromatic rings. The molecule has 1 amide bonds. The Hall–Kier alpha value is -1.22. The number of nitrogens with two attached hydrogens (primary N) is 2. The van der Waals surface area contributed by atoms with Crippen LogP contribution in [-0.2, 0) is 6.42 Å². The van der Waals surface area contributed by atoms with Gasteiger partial charge in [0.15, 0.2) is 0 Å². The number of hydrogen-bond donors (Lipinski definition) is 2. The van der Waals surface area contributed by atoms with Gasteiger partial charge in [-0.2, -0.15) is 0 Å². The lowest BCUT2D eigenvalue weighted by Gasteiger charge is -2.11. The number of nitrogen functional groups attached to an aromatic ring is 1. The molecule has 0 aliphatic carbocycles. The Morgan fingerprint density at radius 2 is 2.14 bits per heavy atom. The minimum absolute atomic E-state index is 0.239. The number of primary amides is 1. The van der Waals surface area contributed by atoms with E-state index in [1.54, 1.807) is 0 Å². The van der Waals surface area contributed by atoms with Gasteiger partial charge in [-0.3, -0.25) is 4.79 Å². The highest BCUT2D eigenvalue weighted by Crippen LogP contribution is 2.29. The third kappa shape index (κ3) is 1.68. The van der Waals surface area contributed by atoms with Gasteiger partial charge < -0.3 is 11.5 Å². The molecule has 0 unspecified atom stereocenters. The summed E-state index contributed by atoms with van der Waals surface area (Å²) in [4.78, 5) is 11.1. The molecular weight excluding hydrogens is 200 g/mol. The Morgan fingerprint density at radius 1 is 1.57 bits per heavy atom. The van der Waals surface area contributed by atoms with Crippen LogP contribution in [0.1, 0.15) is 28.4 Å². The maximum absolute atomic E-state index is 11.1. The second-order valence-corrected chi connectivity index (χ2v) is 3.55. The highest BCUT2D eigenvalue weighted by Gasteiger charge is 2.15. The standard InChI is InChI=1S/C10H13ClN2O/c1-3-6-4-5(2)8(11)7(9(6)12)10(13)14/h4H,3,12H2,1-2H3,(H2,13,14). The number of hydrogen-bond acceptors (Lipinski definition) is 2. The second kappa shape index (κ2) is 3.88. The van der Waals surface area contributed by atoms with Crippen LogP contribution in [0.5, 0.6) is 0 Å². The van der Waals surface area contributed by atoms with Crippen LogP contribution in [0, 0.1) is 6.92 Å². The first kappa shape index (κ1) is 10.9. The van der Waals surface area contributed by atoms with Crippen molar-refractivity contribution in [1.29, 1.82) is 0 Å². The summed E-state index contributed by atoms with van der Waals surface area (Å²) in [7, 11) is 0. The molecule has 14 heavy (non-hydrogen) atoms.